The van der Waals surface area contributed by atoms with Crippen LogP contribution < -0.4 is 5.32 Å². The Morgan fingerprint density at radius 1 is 1.33 bits per heavy atom. The van der Waals surface area contributed by atoms with E-state index in [2.05, 4.69) is 11.9 Å². The molecule has 1 aliphatic rings. The van der Waals surface area contributed by atoms with Gasteiger partial charge in [0.05, 0.1) is 0 Å². The van der Waals surface area contributed by atoms with Crippen LogP contribution in [0.1, 0.15) is 24.3 Å². The van der Waals surface area contributed by atoms with Crippen LogP contribution in [0.5, 0.6) is 0 Å². The Balaban J connectivity index is 1.83. The van der Waals surface area contributed by atoms with E-state index < -0.39 is 0 Å². The average Bonchev–Trinajstić information content (AvgIpc) is 2.18. The van der Waals surface area contributed by atoms with Crippen LogP contribution in [0.3, 0.4) is 0 Å². The quantitative estimate of drug-likeness (QED) is 0.745. The van der Waals surface area contributed by atoms with E-state index in [4.69, 9.17) is 0 Å². The highest BCUT2D eigenvalue weighted by Gasteiger charge is 2.29. The van der Waals surface area contributed by atoms with E-state index in [-0.39, 0.29) is 5.82 Å². The lowest BCUT2D eigenvalue weighted by atomic mass is 9.76. The molecule has 0 unspecified atom stereocenters. The molecule has 0 heterocycles. The zero-order valence-corrected chi connectivity index (χ0v) is 8.75. The van der Waals surface area contributed by atoms with Gasteiger partial charge in [0.2, 0.25) is 0 Å². The summed E-state index contributed by atoms with van der Waals surface area (Å²) in [6, 6.07) is 7.48. The van der Waals surface area contributed by atoms with E-state index in [1.807, 2.05) is 18.2 Å². The molecule has 1 N–H and O–H groups in total. The summed E-state index contributed by atoms with van der Waals surface area (Å²) in [4.78, 5) is 0. The molecule has 1 fully saturated rings. The van der Waals surface area contributed by atoms with Crippen molar-refractivity contribution in [2.45, 2.75) is 24.8 Å². The Kier molecular flexibility index (Phi) is 3.17. The van der Waals surface area contributed by atoms with Gasteiger partial charge in [-0.1, -0.05) is 18.2 Å². The first-order valence-electron chi connectivity index (χ1n) is 5.39. The third-order valence-electron chi connectivity index (χ3n) is 3.03. The van der Waals surface area contributed by atoms with E-state index in [1.54, 1.807) is 12.1 Å². The Bertz CT molecular complexity index is 325. The van der Waals surface area contributed by atoms with Crippen LogP contribution >= 0.6 is 0 Å². The monoisotopic (exact) mass is 205 g/mol. The molecule has 0 atom stereocenters. The van der Waals surface area contributed by atoms with Gasteiger partial charge >= 0.3 is 0 Å². The highest BCUT2D eigenvalue weighted by atomic mass is 19.1. The predicted octanol–water partition coefficient (Wildman–Crippen LogP) is 2.85. The molecular formula is C13H16FN. The second-order valence-corrected chi connectivity index (χ2v) is 4.11. The molecule has 0 spiro atoms. The van der Waals surface area contributed by atoms with Gasteiger partial charge in [-0.25, -0.2) is 4.39 Å². The van der Waals surface area contributed by atoms with Crippen molar-refractivity contribution in [1.29, 1.82) is 0 Å². The SMILES string of the molecule is C=CCNC1CC(c2ccc(F)cc2)C1. The Labute approximate surface area is 90.0 Å². The first kappa shape index (κ1) is 10.4. The highest BCUT2D eigenvalue weighted by molar-refractivity contribution is 5.23. The summed E-state index contributed by atoms with van der Waals surface area (Å²) in [5, 5.41) is 3.39. The van der Waals surface area contributed by atoms with Gasteiger partial charge in [0.15, 0.2) is 0 Å². The van der Waals surface area contributed by atoms with Gasteiger partial charge < -0.3 is 5.32 Å². The number of nitrogens with one attached hydrogen (secondary N) is 1. The summed E-state index contributed by atoms with van der Waals surface area (Å²) in [5.74, 6) is 0.451. The van der Waals surface area contributed by atoms with Gasteiger partial charge in [-0.15, -0.1) is 6.58 Å². The van der Waals surface area contributed by atoms with Gasteiger partial charge in [-0.2, -0.15) is 0 Å². The summed E-state index contributed by atoms with van der Waals surface area (Å²) in [6.07, 6.45) is 4.18. The second-order valence-electron chi connectivity index (χ2n) is 4.11. The molecule has 0 aromatic heterocycles. The van der Waals surface area contributed by atoms with Crippen molar-refractivity contribution >= 4 is 0 Å². The van der Waals surface area contributed by atoms with E-state index in [9.17, 15) is 4.39 Å². The molecule has 80 valence electrons. The summed E-state index contributed by atoms with van der Waals surface area (Å²) >= 11 is 0. The first-order chi connectivity index (χ1) is 7.29. The lowest BCUT2D eigenvalue weighted by Gasteiger charge is -2.36. The summed E-state index contributed by atoms with van der Waals surface area (Å²) in [6.45, 7) is 4.55. The van der Waals surface area contributed by atoms with Gasteiger partial charge in [0, 0.05) is 12.6 Å². The molecule has 1 aromatic carbocycles. The van der Waals surface area contributed by atoms with Crippen molar-refractivity contribution < 1.29 is 4.39 Å². The van der Waals surface area contributed by atoms with Crippen molar-refractivity contribution in [2.75, 3.05) is 6.54 Å². The minimum absolute atomic E-state index is 0.153. The topological polar surface area (TPSA) is 12.0 Å². The van der Waals surface area contributed by atoms with Crippen molar-refractivity contribution in [3.05, 3.63) is 48.3 Å². The molecule has 2 rings (SSSR count). The van der Waals surface area contributed by atoms with Gasteiger partial charge in [0.1, 0.15) is 5.82 Å². The average molecular weight is 205 g/mol. The molecule has 0 radical (unpaired) electrons. The van der Waals surface area contributed by atoms with Gasteiger partial charge in [-0.05, 0) is 36.5 Å². The minimum Gasteiger partial charge on any atom is -0.310 e. The molecule has 0 saturated heterocycles. The second kappa shape index (κ2) is 4.58. The van der Waals surface area contributed by atoms with Crippen LogP contribution in [0, 0.1) is 5.82 Å². The normalized spacial score (nSPS) is 24.6. The zero-order valence-electron chi connectivity index (χ0n) is 8.75. The molecule has 0 bridgehead atoms. The Hall–Kier alpha value is -1.15. The van der Waals surface area contributed by atoms with Crippen LogP contribution in [0.15, 0.2) is 36.9 Å². The predicted molar refractivity (Wildman–Crippen MR) is 60.4 cm³/mol. The number of rotatable bonds is 4. The molecule has 1 nitrogen and oxygen atoms in total. The summed E-state index contributed by atoms with van der Waals surface area (Å²) in [5.41, 5.74) is 1.26. The molecule has 1 aliphatic carbocycles. The number of hydrogen-bond acceptors (Lipinski definition) is 1. The van der Waals surface area contributed by atoms with Crippen molar-refractivity contribution in [1.82, 2.24) is 5.32 Å². The lowest BCUT2D eigenvalue weighted by Crippen LogP contribution is -2.40. The minimum atomic E-state index is -0.153. The number of benzene rings is 1. The maximum Gasteiger partial charge on any atom is 0.123 e. The van der Waals surface area contributed by atoms with Gasteiger partial charge in [-0.3, -0.25) is 0 Å². The third kappa shape index (κ3) is 2.45. The molecule has 1 saturated carbocycles. The van der Waals surface area contributed by atoms with Crippen molar-refractivity contribution in [3.8, 4) is 0 Å². The Morgan fingerprint density at radius 3 is 2.60 bits per heavy atom. The molecule has 0 aliphatic heterocycles. The fourth-order valence-corrected chi connectivity index (χ4v) is 2.04. The van der Waals surface area contributed by atoms with E-state index in [0.717, 1.165) is 19.4 Å². The maximum absolute atomic E-state index is 12.7. The molecule has 15 heavy (non-hydrogen) atoms. The number of hydrogen-bond donors (Lipinski definition) is 1. The van der Waals surface area contributed by atoms with Gasteiger partial charge in [0.25, 0.3) is 0 Å². The largest absolute Gasteiger partial charge is 0.310 e. The molecular weight excluding hydrogens is 189 g/mol. The summed E-state index contributed by atoms with van der Waals surface area (Å²) < 4.78 is 12.7. The van der Waals surface area contributed by atoms with Crippen molar-refractivity contribution in [2.24, 2.45) is 0 Å². The zero-order chi connectivity index (χ0) is 10.7. The molecule has 1 aromatic rings. The van der Waals surface area contributed by atoms with Crippen molar-refractivity contribution in [3.63, 3.8) is 0 Å². The summed E-state index contributed by atoms with van der Waals surface area (Å²) in [7, 11) is 0. The van der Waals surface area contributed by atoms with Crippen LogP contribution in [0.25, 0.3) is 0 Å². The third-order valence-corrected chi connectivity index (χ3v) is 3.03. The van der Waals surface area contributed by atoms with E-state index >= 15 is 0 Å². The van der Waals surface area contributed by atoms with E-state index in [0.29, 0.717) is 12.0 Å². The maximum atomic E-state index is 12.7. The standard InChI is InChI=1S/C13H16FN/c1-2-7-15-13-8-11(9-13)10-3-5-12(14)6-4-10/h2-6,11,13,15H,1,7-9H2. The highest BCUT2D eigenvalue weighted by Crippen LogP contribution is 2.36. The smallest absolute Gasteiger partial charge is 0.123 e. The lowest BCUT2D eigenvalue weighted by molar-refractivity contribution is 0.299. The van der Waals surface area contributed by atoms with E-state index in [1.165, 1.54) is 5.56 Å². The molecule has 2 heteroatoms. The Morgan fingerprint density at radius 2 is 2.00 bits per heavy atom. The first-order valence-corrected chi connectivity index (χ1v) is 5.39. The van der Waals surface area contributed by atoms with Crippen LogP contribution in [0.2, 0.25) is 0 Å². The number of halogens is 1. The molecule has 0 amide bonds. The fraction of sp³-hybridized carbons (Fsp3) is 0.385. The van der Waals surface area contributed by atoms with Crippen LogP contribution in [-0.2, 0) is 0 Å². The van der Waals surface area contributed by atoms with Crippen LogP contribution in [0.4, 0.5) is 4.39 Å². The van der Waals surface area contributed by atoms with Crippen LogP contribution in [-0.4, -0.2) is 12.6 Å². The fourth-order valence-electron chi connectivity index (χ4n) is 2.04.